The Morgan fingerprint density at radius 2 is 1.72 bits per heavy atom. The SMILES string of the molecule is CCCCOc1cc(/C=C(/OCC)C(=O)O)ccc1OCCc1ccc(NC(C)=O)cc1. The molecule has 32 heavy (non-hydrogen) atoms. The number of carboxylic acid groups (broad SMARTS) is 1. The van der Waals surface area contributed by atoms with Gasteiger partial charge in [-0.25, -0.2) is 4.79 Å². The second-order valence-corrected chi connectivity index (χ2v) is 7.13. The van der Waals surface area contributed by atoms with Crippen LogP contribution < -0.4 is 14.8 Å². The van der Waals surface area contributed by atoms with Gasteiger partial charge in [-0.3, -0.25) is 4.79 Å². The molecule has 0 atom stereocenters. The molecule has 2 aromatic rings. The van der Waals surface area contributed by atoms with Crippen molar-refractivity contribution in [1.29, 1.82) is 0 Å². The van der Waals surface area contributed by atoms with Crippen molar-refractivity contribution in [2.24, 2.45) is 0 Å². The van der Waals surface area contributed by atoms with Gasteiger partial charge in [-0.15, -0.1) is 0 Å². The zero-order chi connectivity index (χ0) is 23.3. The second kappa shape index (κ2) is 13.0. The normalized spacial score (nSPS) is 11.0. The Balaban J connectivity index is 2.09. The number of amides is 1. The molecule has 0 spiro atoms. The van der Waals surface area contributed by atoms with Crippen LogP contribution in [-0.4, -0.2) is 36.8 Å². The predicted octanol–water partition coefficient (Wildman–Crippen LogP) is 4.91. The van der Waals surface area contributed by atoms with E-state index >= 15 is 0 Å². The number of unbranched alkanes of at least 4 members (excludes halogenated alkanes) is 1. The van der Waals surface area contributed by atoms with E-state index in [0.717, 1.165) is 24.1 Å². The molecule has 0 aliphatic rings. The zero-order valence-corrected chi connectivity index (χ0v) is 18.8. The summed E-state index contributed by atoms with van der Waals surface area (Å²) in [7, 11) is 0. The molecule has 7 nitrogen and oxygen atoms in total. The van der Waals surface area contributed by atoms with E-state index in [9.17, 15) is 14.7 Å². The lowest BCUT2D eigenvalue weighted by molar-refractivity contribution is -0.136. The first kappa shape index (κ1) is 24.8. The Morgan fingerprint density at radius 3 is 2.34 bits per heavy atom. The molecule has 0 aromatic heterocycles. The number of aliphatic carboxylic acids is 1. The average molecular weight is 442 g/mol. The highest BCUT2D eigenvalue weighted by molar-refractivity contribution is 5.90. The summed E-state index contributed by atoms with van der Waals surface area (Å²) in [6.07, 6.45) is 4.06. The predicted molar refractivity (Wildman–Crippen MR) is 124 cm³/mol. The van der Waals surface area contributed by atoms with Crippen molar-refractivity contribution in [3.05, 3.63) is 59.4 Å². The van der Waals surface area contributed by atoms with Crippen molar-refractivity contribution in [3.63, 3.8) is 0 Å². The molecule has 7 heteroatoms. The molecule has 0 heterocycles. The van der Waals surface area contributed by atoms with E-state index in [1.807, 2.05) is 24.3 Å². The van der Waals surface area contributed by atoms with E-state index in [1.54, 1.807) is 25.1 Å². The lowest BCUT2D eigenvalue weighted by atomic mass is 10.1. The third-order valence-electron chi connectivity index (χ3n) is 4.45. The van der Waals surface area contributed by atoms with Gasteiger partial charge in [-0.2, -0.15) is 0 Å². The quantitative estimate of drug-likeness (QED) is 0.261. The monoisotopic (exact) mass is 441 g/mol. The first-order valence-electron chi connectivity index (χ1n) is 10.8. The smallest absolute Gasteiger partial charge is 0.371 e. The number of ether oxygens (including phenoxy) is 3. The summed E-state index contributed by atoms with van der Waals surface area (Å²) >= 11 is 0. The molecular weight excluding hydrogens is 410 g/mol. The molecule has 2 N–H and O–H groups in total. The highest BCUT2D eigenvalue weighted by Gasteiger charge is 2.11. The molecule has 0 radical (unpaired) electrons. The standard InChI is InChI=1S/C25H31NO6/c1-4-6-14-31-23-16-20(17-24(25(28)29)30-5-2)9-12-22(23)32-15-13-19-7-10-21(11-8-19)26-18(3)27/h7-12,16-17H,4-6,13-15H2,1-3H3,(H,26,27)(H,28,29)/b24-17+. The minimum absolute atomic E-state index is 0.105. The van der Waals surface area contributed by atoms with Gasteiger partial charge in [0.1, 0.15) is 0 Å². The van der Waals surface area contributed by atoms with Crippen LogP contribution in [0, 0.1) is 0 Å². The van der Waals surface area contributed by atoms with Crippen LogP contribution in [0.4, 0.5) is 5.69 Å². The second-order valence-electron chi connectivity index (χ2n) is 7.13. The molecule has 0 fully saturated rings. The molecule has 1 amide bonds. The van der Waals surface area contributed by atoms with Gasteiger partial charge in [0, 0.05) is 19.0 Å². The Labute approximate surface area is 189 Å². The Morgan fingerprint density at radius 1 is 1.00 bits per heavy atom. The first-order chi connectivity index (χ1) is 15.4. The van der Waals surface area contributed by atoms with E-state index in [2.05, 4.69) is 12.2 Å². The average Bonchev–Trinajstić information content (AvgIpc) is 2.75. The van der Waals surface area contributed by atoms with Gasteiger partial charge in [-0.05, 0) is 54.8 Å². The summed E-state index contributed by atoms with van der Waals surface area (Å²) in [6, 6.07) is 12.9. The van der Waals surface area contributed by atoms with Crippen LogP contribution in [0.15, 0.2) is 48.2 Å². The molecular formula is C25H31NO6. The van der Waals surface area contributed by atoms with Crippen molar-refractivity contribution >= 4 is 23.6 Å². The van der Waals surface area contributed by atoms with Crippen LogP contribution in [0.2, 0.25) is 0 Å². The minimum atomic E-state index is -1.12. The van der Waals surface area contributed by atoms with E-state index in [-0.39, 0.29) is 18.3 Å². The molecule has 0 bridgehead atoms. The molecule has 0 unspecified atom stereocenters. The Hall–Kier alpha value is -3.48. The molecule has 2 aromatic carbocycles. The van der Waals surface area contributed by atoms with Crippen LogP contribution in [-0.2, 0) is 20.7 Å². The zero-order valence-electron chi connectivity index (χ0n) is 18.8. The molecule has 0 saturated heterocycles. The van der Waals surface area contributed by atoms with Crippen LogP contribution >= 0.6 is 0 Å². The summed E-state index contributed by atoms with van der Waals surface area (Å²) < 4.78 is 17.0. The number of carbonyl (C=O) groups is 2. The third kappa shape index (κ3) is 8.34. The van der Waals surface area contributed by atoms with Crippen molar-refractivity contribution in [2.45, 2.75) is 40.0 Å². The summed E-state index contributed by atoms with van der Waals surface area (Å²) in [5, 5.41) is 12.0. The van der Waals surface area contributed by atoms with Crippen molar-refractivity contribution in [3.8, 4) is 11.5 Å². The third-order valence-corrected chi connectivity index (χ3v) is 4.45. The highest BCUT2D eigenvalue weighted by atomic mass is 16.5. The van der Waals surface area contributed by atoms with Crippen LogP contribution in [0.3, 0.4) is 0 Å². The number of nitrogens with one attached hydrogen (secondary N) is 1. The molecule has 172 valence electrons. The number of benzene rings is 2. The summed E-state index contributed by atoms with van der Waals surface area (Å²) in [6.45, 7) is 6.55. The highest BCUT2D eigenvalue weighted by Crippen LogP contribution is 2.30. The molecule has 0 saturated carbocycles. The van der Waals surface area contributed by atoms with Crippen molar-refractivity contribution in [2.75, 3.05) is 25.1 Å². The van der Waals surface area contributed by atoms with Gasteiger partial charge >= 0.3 is 5.97 Å². The van der Waals surface area contributed by atoms with Gasteiger partial charge in [-0.1, -0.05) is 31.5 Å². The maximum absolute atomic E-state index is 11.3. The van der Waals surface area contributed by atoms with E-state index in [0.29, 0.717) is 36.7 Å². The topological polar surface area (TPSA) is 94.1 Å². The van der Waals surface area contributed by atoms with Gasteiger partial charge in [0.05, 0.1) is 19.8 Å². The first-order valence-corrected chi connectivity index (χ1v) is 10.8. The number of carboxylic acids is 1. The number of carbonyl (C=O) groups excluding carboxylic acids is 1. The fourth-order valence-electron chi connectivity index (χ4n) is 2.88. The molecule has 2 rings (SSSR count). The molecule has 0 aliphatic heterocycles. The van der Waals surface area contributed by atoms with E-state index in [4.69, 9.17) is 14.2 Å². The van der Waals surface area contributed by atoms with Gasteiger partial charge in [0.15, 0.2) is 11.5 Å². The summed E-state index contributed by atoms with van der Waals surface area (Å²) in [5.74, 6) is -0.184. The number of anilines is 1. The van der Waals surface area contributed by atoms with Crippen LogP contribution in [0.1, 0.15) is 44.7 Å². The lowest BCUT2D eigenvalue weighted by Crippen LogP contribution is -2.07. The number of hydrogen-bond donors (Lipinski definition) is 2. The minimum Gasteiger partial charge on any atom is -0.490 e. The van der Waals surface area contributed by atoms with Crippen LogP contribution in [0.5, 0.6) is 11.5 Å². The summed E-state index contributed by atoms with van der Waals surface area (Å²) in [4.78, 5) is 22.5. The largest absolute Gasteiger partial charge is 0.490 e. The summed E-state index contributed by atoms with van der Waals surface area (Å²) in [5.41, 5.74) is 2.49. The fraction of sp³-hybridized carbons (Fsp3) is 0.360. The van der Waals surface area contributed by atoms with Gasteiger partial charge < -0.3 is 24.6 Å². The Bertz CT molecular complexity index is 921. The van der Waals surface area contributed by atoms with Gasteiger partial charge in [0.25, 0.3) is 0 Å². The maximum atomic E-state index is 11.3. The van der Waals surface area contributed by atoms with Gasteiger partial charge in [0.2, 0.25) is 11.7 Å². The van der Waals surface area contributed by atoms with Crippen molar-refractivity contribution < 1.29 is 28.9 Å². The lowest BCUT2D eigenvalue weighted by Gasteiger charge is -2.14. The van der Waals surface area contributed by atoms with E-state index in [1.165, 1.54) is 13.0 Å². The number of hydrogen-bond acceptors (Lipinski definition) is 5. The maximum Gasteiger partial charge on any atom is 0.371 e. The number of rotatable bonds is 13. The molecule has 0 aliphatic carbocycles. The van der Waals surface area contributed by atoms with E-state index < -0.39 is 5.97 Å². The van der Waals surface area contributed by atoms with Crippen LogP contribution in [0.25, 0.3) is 6.08 Å². The Kier molecular flexibility index (Phi) is 10.1. The fourth-order valence-corrected chi connectivity index (χ4v) is 2.88. The van der Waals surface area contributed by atoms with Crippen molar-refractivity contribution in [1.82, 2.24) is 0 Å².